The van der Waals surface area contributed by atoms with Crippen LogP contribution in [0.15, 0.2) is 0 Å². The predicted octanol–water partition coefficient (Wildman–Crippen LogP) is 3.18. The van der Waals surface area contributed by atoms with E-state index in [1.54, 1.807) is 6.92 Å². The number of hydrogen-bond donors (Lipinski definition) is 0. The molecule has 2 fully saturated rings. The summed E-state index contributed by atoms with van der Waals surface area (Å²) in [4.78, 5) is 11.3. The summed E-state index contributed by atoms with van der Waals surface area (Å²) in [6.45, 7) is 1.77. The standard InChI is InChI=1S/C12H20O/c1-9(13)11-7-6-10-4-2-3-5-12(10)8-11/h10-12H,2-8H2,1H3. The molecule has 0 aliphatic heterocycles. The zero-order valence-corrected chi connectivity index (χ0v) is 8.59. The molecule has 13 heavy (non-hydrogen) atoms. The highest BCUT2D eigenvalue weighted by Crippen LogP contribution is 2.42. The van der Waals surface area contributed by atoms with Crippen LogP contribution in [0.5, 0.6) is 0 Å². The van der Waals surface area contributed by atoms with Gasteiger partial charge in [0.1, 0.15) is 5.78 Å². The lowest BCUT2D eigenvalue weighted by atomic mass is 9.67. The predicted molar refractivity (Wildman–Crippen MR) is 53.5 cm³/mol. The van der Waals surface area contributed by atoms with E-state index >= 15 is 0 Å². The minimum atomic E-state index is 0.416. The van der Waals surface area contributed by atoms with E-state index in [2.05, 4.69) is 0 Å². The lowest BCUT2D eigenvalue weighted by Gasteiger charge is -2.38. The van der Waals surface area contributed by atoms with Crippen molar-refractivity contribution < 1.29 is 4.79 Å². The number of Topliss-reactive ketones (excluding diaryl/α,β-unsaturated/α-hetero) is 1. The Morgan fingerprint density at radius 2 is 1.69 bits per heavy atom. The first-order chi connectivity index (χ1) is 6.27. The third kappa shape index (κ3) is 1.95. The Morgan fingerprint density at radius 1 is 1.00 bits per heavy atom. The van der Waals surface area contributed by atoms with Crippen molar-refractivity contribution in [3.8, 4) is 0 Å². The van der Waals surface area contributed by atoms with Crippen LogP contribution < -0.4 is 0 Å². The van der Waals surface area contributed by atoms with Gasteiger partial charge in [-0.3, -0.25) is 4.79 Å². The van der Waals surface area contributed by atoms with Gasteiger partial charge in [-0.25, -0.2) is 0 Å². The second-order valence-electron chi connectivity index (χ2n) is 4.93. The van der Waals surface area contributed by atoms with Gasteiger partial charge in [0.25, 0.3) is 0 Å². The lowest BCUT2D eigenvalue weighted by Crippen LogP contribution is -2.30. The normalized spacial score (nSPS) is 39.6. The van der Waals surface area contributed by atoms with E-state index < -0.39 is 0 Å². The van der Waals surface area contributed by atoms with Crippen molar-refractivity contribution in [2.45, 2.75) is 51.9 Å². The molecular formula is C12H20O. The molecule has 2 rings (SSSR count). The Balaban J connectivity index is 1.95. The van der Waals surface area contributed by atoms with Crippen molar-refractivity contribution >= 4 is 5.78 Å². The molecule has 0 amide bonds. The fourth-order valence-corrected chi connectivity index (χ4v) is 3.24. The molecule has 0 aromatic heterocycles. The number of rotatable bonds is 1. The lowest BCUT2D eigenvalue weighted by molar-refractivity contribution is -0.122. The van der Waals surface area contributed by atoms with Gasteiger partial charge in [-0.2, -0.15) is 0 Å². The second-order valence-corrected chi connectivity index (χ2v) is 4.93. The van der Waals surface area contributed by atoms with Gasteiger partial charge in [0.2, 0.25) is 0 Å². The van der Waals surface area contributed by atoms with E-state index in [0.29, 0.717) is 11.7 Å². The Labute approximate surface area is 80.9 Å². The fourth-order valence-electron chi connectivity index (χ4n) is 3.24. The van der Waals surface area contributed by atoms with Gasteiger partial charge in [-0.15, -0.1) is 0 Å². The number of hydrogen-bond acceptors (Lipinski definition) is 1. The quantitative estimate of drug-likeness (QED) is 0.605. The Bertz CT molecular complexity index is 197. The highest BCUT2D eigenvalue weighted by Gasteiger charge is 2.33. The number of ketones is 1. The van der Waals surface area contributed by atoms with Crippen LogP contribution in [0.4, 0.5) is 0 Å². The molecule has 2 aliphatic carbocycles. The summed E-state index contributed by atoms with van der Waals surface area (Å²) in [5.74, 6) is 2.73. The molecule has 0 aromatic rings. The first kappa shape index (κ1) is 9.23. The van der Waals surface area contributed by atoms with Crippen LogP contribution >= 0.6 is 0 Å². The molecule has 74 valence electrons. The molecule has 3 atom stereocenters. The van der Waals surface area contributed by atoms with Crippen LogP contribution in [0, 0.1) is 17.8 Å². The SMILES string of the molecule is CC(=O)C1CCC2CCCCC2C1. The molecule has 1 heteroatoms. The molecule has 2 aliphatic rings. The summed E-state index contributed by atoms with van der Waals surface area (Å²) >= 11 is 0. The maximum absolute atomic E-state index is 11.3. The molecular weight excluding hydrogens is 160 g/mol. The van der Waals surface area contributed by atoms with Gasteiger partial charge in [-0.1, -0.05) is 25.7 Å². The summed E-state index contributed by atoms with van der Waals surface area (Å²) < 4.78 is 0. The van der Waals surface area contributed by atoms with Crippen molar-refractivity contribution in [2.24, 2.45) is 17.8 Å². The second kappa shape index (κ2) is 3.81. The summed E-state index contributed by atoms with van der Waals surface area (Å²) in [7, 11) is 0. The Kier molecular flexibility index (Phi) is 2.71. The molecule has 0 N–H and O–H groups in total. The third-order valence-electron chi connectivity index (χ3n) is 4.11. The van der Waals surface area contributed by atoms with Crippen LogP contribution in [-0.2, 0) is 4.79 Å². The van der Waals surface area contributed by atoms with Crippen LogP contribution in [0.2, 0.25) is 0 Å². The molecule has 0 saturated heterocycles. The minimum Gasteiger partial charge on any atom is -0.300 e. The fraction of sp³-hybridized carbons (Fsp3) is 0.917. The van der Waals surface area contributed by atoms with Crippen LogP contribution in [0.3, 0.4) is 0 Å². The Hall–Kier alpha value is -0.330. The van der Waals surface area contributed by atoms with Crippen LogP contribution in [0.25, 0.3) is 0 Å². The van der Waals surface area contributed by atoms with E-state index in [0.717, 1.165) is 11.8 Å². The monoisotopic (exact) mass is 180 g/mol. The van der Waals surface area contributed by atoms with E-state index in [4.69, 9.17) is 0 Å². The van der Waals surface area contributed by atoms with Gasteiger partial charge in [-0.05, 0) is 38.0 Å². The zero-order valence-electron chi connectivity index (χ0n) is 8.59. The number of carbonyl (C=O) groups excluding carboxylic acids is 1. The van der Waals surface area contributed by atoms with Gasteiger partial charge in [0.15, 0.2) is 0 Å². The summed E-state index contributed by atoms with van der Waals surface area (Å²) in [6, 6.07) is 0. The van der Waals surface area contributed by atoms with Gasteiger partial charge in [0, 0.05) is 5.92 Å². The van der Waals surface area contributed by atoms with Crippen molar-refractivity contribution in [1.29, 1.82) is 0 Å². The molecule has 0 aromatic carbocycles. The molecule has 0 bridgehead atoms. The smallest absolute Gasteiger partial charge is 0.132 e. The first-order valence-electron chi connectivity index (χ1n) is 5.78. The van der Waals surface area contributed by atoms with Crippen LogP contribution in [0.1, 0.15) is 51.9 Å². The maximum Gasteiger partial charge on any atom is 0.132 e. The zero-order chi connectivity index (χ0) is 9.26. The molecule has 1 nitrogen and oxygen atoms in total. The number of fused-ring (bicyclic) bond motifs is 1. The summed E-state index contributed by atoms with van der Waals surface area (Å²) in [6.07, 6.45) is 9.40. The van der Waals surface area contributed by atoms with E-state index in [1.165, 1.54) is 44.9 Å². The minimum absolute atomic E-state index is 0.416. The van der Waals surface area contributed by atoms with E-state index in [1.807, 2.05) is 0 Å². The highest BCUT2D eigenvalue weighted by atomic mass is 16.1. The van der Waals surface area contributed by atoms with Gasteiger partial charge >= 0.3 is 0 Å². The topological polar surface area (TPSA) is 17.1 Å². The van der Waals surface area contributed by atoms with E-state index in [-0.39, 0.29) is 0 Å². The van der Waals surface area contributed by atoms with Crippen molar-refractivity contribution in [1.82, 2.24) is 0 Å². The highest BCUT2D eigenvalue weighted by molar-refractivity contribution is 5.78. The van der Waals surface area contributed by atoms with Crippen molar-refractivity contribution in [3.63, 3.8) is 0 Å². The molecule has 0 heterocycles. The van der Waals surface area contributed by atoms with E-state index in [9.17, 15) is 4.79 Å². The van der Waals surface area contributed by atoms with Crippen LogP contribution in [-0.4, -0.2) is 5.78 Å². The number of carbonyl (C=O) groups is 1. The Morgan fingerprint density at radius 3 is 2.38 bits per heavy atom. The first-order valence-corrected chi connectivity index (χ1v) is 5.78. The van der Waals surface area contributed by atoms with Gasteiger partial charge < -0.3 is 0 Å². The third-order valence-corrected chi connectivity index (χ3v) is 4.11. The summed E-state index contributed by atoms with van der Waals surface area (Å²) in [5.41, 5.74) is 0. The maximum atomic E-state index is 11.3. The van der Waals surface area contributed by atoms with Gasteiger partial charge in [0.05, 0.1) is 0 Å². The van der Waals surface area contributed by atoms with Crippen molar-refractivity contribution in [3.05, 3.63) is 0 Å². The van der Waals surface area contributed by atoms with Crippen molar-refractivity contribution in [2.75, 3.05) is 0 Å². The average Bonchev–Trinajstić information content (AvgIpc) is 2.17. The molecule has 3 unspecified atom stereocenters. The summed E-state index contributed by atoms with van der Waals surface area (Å²) in [5, 5.41) is 0. The molecule has 0 spiro atoms. The largest absolute Gasteiger partial charge is 0.300 e. The molecule has 0 radical (unpaired) electrons. The average molecular weight is 180 g/mol. The molecule has 2 saturated carbocycles.